The molecule has 4 heteroatoms. The minimum absolute atomic E-state index is 0.0887. The lowest BCUT2D eigenvalue weighted by molar-refractivity contribution is 0.0964. The summed E-state index contributed by atoms with van der Waals surface area (Å²) in [4.78, 5) is 12.2. The number of rotatable bonds is 4. The van der Waals surface area contributed by atoms with E-state index in [4.69, 9.17) is 10.5 Å². The monoisotopic (exact) mass is 248 g/mol. The van der Waals surface area contributed by atoms with Crippen molar-refractivity contribution in [2.45, 2.75) is 31.7 Å². The summed E-state index contributed by atoms with van der Waals surface area (Å²) >= 11 is 0. The molecule has 1 fully saturated rings. The van der Waals surface area contributed by atoms with Gasteiger partial charge in [0.05, 0.1) is 7.11 Å². The Kier molecular flexibility index (Phi) is 4.20. The maximum atomic E-state index is 12.2. The van der Waals surface area contributed by atoms with Gasteiger partial charge in [-0.05, 0) is 37.6 Å². The predicted molar refractivity (Wildman–Crippen MR) is 72.0 cm³/mol. The molecular weight excluding hydrogens is 228 g/mol. The number of carbonyl (C=O) groups is 1. The minimum Gasteiger partial charge on any atom is -0.497 e. The predicted octanol–water partition coefficient (Wildman–Crippen LogP) is 1.99. The summed E-state index contributed by atoms with van der Waals surface area (Å²) in [5.74, 6) is 0.759. The highest BCUT2D eigenvalue weighted by Gasteiger charge is 2.19. The highest BCUT2D eigenvalue weighted by Crippen LogP contribution is 2.22. The molecule has 0 aliphatic carbocycles. The lowest BCUT2D eigenvalue weighted by Gasteiger charge is -2.23. The summed E-state index contributed by atoms with van der Waals surface area (Å²) in [7, 11) is 1.59. The molecule has 98 valence electrons. The van der Waals surface area contributed by atoms with Gasteiger partial charge in [-0.15, -0.1) is 0 Å². The number of hydrogen-bond acceptors (Lipinski definition) is 4. The number of nitrogens with one attached hydrogen (secondary N) is 1. The van der Waals surface area contributed by atoms with Crippen LogP contribution in [0.15, 0.2) is 18.2 Å². The summed E-state index contributed by atoms with van der Waals surface area (Å²) in [6.07, 6.45) is 3.97. The average Bonchev–Trinajstić information content (AvgIpc) is 2.40. The molecule has 1 unspecified atom stereocenters. The van der Waals surface area contributed by atoms with Gasteiger partial charge in [-0.1, -0.05) is 6.42 Å². The molecule has 3 N–H and O–H groups in total. The fourth-order valence-electron chi connectivity index (χ4n) is 2.34. The van der Waals surface area contributed by atoms with E-state index in [1.165, 1.54) is 12.8 Å². The molecule has 1 aliphatic heterocycles. The molecule has 0 radical (unpaired) electrons. The largest absolute Gasteiger partial charge is 0.497 e. The Bertz CT molecular complexity index is 426. The Balaban J connectivity index is 2.07. The first-order valence-electron chi connectivity index (χ1n) is 6.41. The second-order valence-electron chi connectivity index (χ2n) is 4.73. The summed E-state index contributed by atoms with van der Waals surface area (Å²) in [5, 5.41) is 3.37. The molecule has 1 atom stereocenters. The number of methoxy groups -OCH3 is 1. The van der Waals surface area contributed by atoms with E-state index in [0.29, 0.717) is 23.4 Å². The van der Waals surface area contributed by atoms with E-state index in [-0.39, 0.29) is 11.8 Å². The number of Topliss-reactive ketones (excluding diaryl/α,β-unsaturated/α-hetero) is 1. The molecule has 4 nitrogen and oxygen atoms in total. The summed E-state index contributed by atoms with van der Waals surface area (Å²) in [6, 6.07) is 5.50. The quantitative estimate of drug-likeness (QED) is 0.632. The standard InChI is InChI=1S/C14H20N2O2/c1-18-11-5-6-13(15)12(9-11)14(17)8-10-4-2-3-7-16-10/h5-6,9-10,16H,2-4,7-8,15H2,1H3. The normalized spacial score (nSPS) is 19.5. The SMILES string of the molecule is COc1ccc(N)c(C(=O)CC2CCCCN2)c1. The van der Waals surface area contributed by atoms with Crippen LogP contribution in [0.4, 0.5) is 5.69 Å². The van der Waals surface area contributed by atoms with E-state index >= 15 is 0 Å². The molecule has 0 spiro atoms. The molecule has 0 aromatic heterocycles. The molecular formula is C14H20N2O2. The molecule has 2 rings (SSSR count). The summed E-state index contributed by atoms with van der Waals surface area (Å²) in [5.41, 5.74) is 6.95. The van der Waals surface area contributed by atoms with Gasteiger partial charge in [-0.25, -0.2) is 0 Å². The average molecular weight is 248 g/mol. The molecule has 1 aromatic rings. The molecule has 1 saturated heterocycles. The number of piperidine rings is 1. The summed E-state index contributed by atoms with van der Waals surface area (Å²) < 4.78 is 5.13. The zero-order chi connectivity index (χ0) is 13.0. The van der Waals surface area contributed by atoms with Gasteiger partial charge in [0.25, 0.3) is 0 Å². The Labute approximate surface area is 108 Å². The zero-order valence-corrected chi connectivity index (χ0v) is 10.7. The van der Waals surface area contributed by atoms with Crippen molar-refractivity contribution in [3.63, 3.8) is 0 Å². The van der Waals surface area contributed by atoms with Gasteiger partial charge in [0.1, 0.15) is 5.75 Å². The van der Waals surface area contributed by atoms with Crippen LogP contribution in [-0.4, -0.2) is 25.5 Å². The van der Waals surface area contributed by atoms with Crippen molar-refractivity contribution in [3.8, 4) is 5.75 Å². The third kappa shape index (κ3) is 3.01. The maximum absolute atomic E-state index is 12.2. The molecule has 0 bridgehead atoms. The van der Waals surface area contributed by atoms with Crippen molar-refractivity contribution < 1.29 is 9.53 Å². The van der Waals surface area contributed by atoms with Gasteiger partial charge in [-0.2, -0.15) is 0 Å². The maximum Gasteiger partial charge on any atom is 0.166 e. The van der Waals surface area contributed by atoms with E-state index < -0.39 is 0 Å². The topological polar surface area (TPSA) is 64.3 Å². The first kappa shape index (κ1) is 12.9. The Morgan fingerprint density at radius 1 is 1.50 bits per heavy atom. The fraction of sp³-hybridized carbons (Fsp3) is 0.500. The Morgan fingerprint density at radius 2 is 2.33 bits per heavy atom. The van der Waals surface area contributed by atoms with Gasteiger partial charge in [0, 0.05) is 23.7 Å². The second-order valence-corrected chi connectivity index (χ2v) is 4.73. The second kappa shape index (κ2) is 5.87. The van der Waals surface area contributed by atoms with Gasteiger partial charge in [-0.3, -0.25) is 4.79 Å². The molecule has 0 saturated carbocycles. The third-order valence-corrected chi connectivity index (χ3v) is 3.41. The van der Waals surface area contributed by atoms with Crippen LogP contribution in [0.1, 0.15) is 36.0 Å². The minimum atomic E-state index is 0.0887. The highest BCUT2D eigenvalue weighted by atomic mass is 16.5. The molecule has 1 aliphatic rings. The van der Waals surface area contributed by atoms with Crippen molar-refractivity contribution in [2.75, 3.05) is 19.4 Å². The van der Waals surface area contributed by atoms with Crippen LogP contribution < -0.4 is 15.8 Å². The van der Waals surface area contributed by atoms with Gasteiger partial charge in [0.2, 0.25) is 0 Å². The van der Waals surface area contributed by atoms with Crippen LogP contribution in [0.5, 0.6) is 5.75 Å². The fourth-order valence-corrected chi connectivity index (χ4v) is 2.34. The van der Waals surface area contributed by atoms with E-state index in [1.54, 1.807) is 25.3 Å². The van der Waals surface area contributed by atoms with Crippen molar-refractivity contribution in [2.24, 2.45) is 0 Å². The number of ketones is 1. The van der Waals surface area contributed by atoms with Crippen LogP contribution in [0.3, 0.4) is 0 Å². The Morgan fingerprint density at radius 3 is 3.00 bits per heavy atom. The van der Waals surface area contributed by atoms with Gasteiger partial charge in [0.15, 0.2) is 5.78 Å². The van der Waals surface area contributed by atoms with Crippen molar-refractivity contribution >= 4 is 11.5 Å². The molecule has 1 heterocycles. The van der Waals surface area contributed by atoms with E-state index in [1.807, 2.05) is 0 Å². The van der Waals surface area contributed by atoms with E-state index in [0.717, 1.165) is 13.0 Å². The van der Waals surface area contributed by atoms with Crippen LogP contribution >= 0.6 is 0 Å². The number of nitrogens with two attached hydrogens (primary N) is 1. The lowest BCUT2D eigenvalue weighted by atomic mass is 9.96. The van der Waals surface area contributed by atoms with Gasteiger partial charge >= 0.3 is 0 Å². The van der Waals surface area contributed by atoms with E-state index in [2.05, 4.69) is 5.32 Å². The lowest BCUT2D eigenvalue weighted by Crippen LogP contribution is -2.35. The van der Waals surface area contributed by atoms with Crippen molar-refractivity contribution in [1.29, 1.82) is 0 Å². The number of carbonyl (C=O) groups excluding carboxylic acids is 1. The smallest absolute Gasteiger partial charge is 0.166 e. The van der Waals surface area contributed by atoms with Crippen LogP contribution in [0, 0.1) is 0 Å². The molecule has 0 amide bonds. The third-order valence-electron chi connectivity index (χ3n) is 3.41. The van der Waals surface area contributed by atoms with Crippen LogP contribution in [0.25, 0.3) is 0 Å². The molecule has 1 aromatic carbocycles. The van der Waals surface area contributed by atoms with Crippen molar-refractivity contribution in [3.05, 3.63) is 23.8 Å². The number of ether oxygens (including phenoxy) is 1. The Hall–Kier alpha value is -1.55. The van der Waals surface area contributed by atoms with Crippen LogP contribution in [-0.2, 0) is 0 Å². The molecule has 18 heavy (non-hydrogen) atoms. The number of hydrogen-bond donors (Lipinski definition) is 2. The first-order valence-corrected chi connectivity index (χ1v) is 6.41. The number of anilines is 1. The number of benzene rings is 1. The van der Waals surface area contributed by atoms with Gasteiger partial charge < -0.3 is 15.8 Å². The highest BCUT2D eigenvalue weighted by molar-refractivity contribution is 6.01. The number of nitrogen functional groups attached to an aromatic ring is 1. The first-order chi connectivity index (χ1) is 8.70. The van der Waals surface area contributed by atoms with Crippen LogP contribution in [0.2, 0.25) is 0 Å². The van der Waals surface area contributed by atoms with E-state index in [9.17, 15) is 4.79 Å². The van der Waals surface area contributed by atoms with Crippen molar-refractivity contribution in [1.82, 2.24) is 5.32 Å². The zero-order valence-electron chi connectivity index (χ0n) is 10.7. The summed E-state index contributed by atoms with van der Waals surface area (Å²) in [6.45, 7) is 1.01.